The van der Waals surface area contributed by atoms with E-state index in [0.717, 1.165) is 60.3 Å². The van der Waals surface area contributed by atoms with Crippen molar-refractivity contribution in [3.8, 4) is 16.9 Å². The van der Waals surface area contributed by atoms with E-state index in [9.17, 15) is 0 Å². The van der Waals surface area contributed by atoms with Crippen LogP contribution < -0.4 is 9.64 Å². The van der Waals surface area contributed by atoms with Crippen molar-refractivity contribution in [2.75, 3.05) is 38.2 Å². The van der Waals surface area contributed by atoms with Crippen molar-refractivity contribution in [3.05, 3.63) is 71.4 Å². The summed E-state index contributed by atoms with van der Waals surface area (Å²) >= 11 is 1.69. The van der Waals surface area contributed by atoms with Crippen LogP contribution in [0.25, 0.3) is 21.3 Å². The Morgan fingerprint density at radius 2 is 1.68 bits per heavy atom. The van der Waals surface area contributed by atoms with E-state index in [4.69, 9.17) is 14.7 Å². The average Bonchev–Trinajstić information content (AvgIpc) is 3.23. The molecule has 0 bridgehead atoms. The number of aryl methyl sites for hydroxylation is 1. The second kappa shape index (κ2) is 8.65. The summed E-state index contributed by atoms with van der Waals surface area (Å²) in [5.74, 6) is 2.76. The van der Waals surface area contributed by atoms with Gasteiger partial charge in [-0.15, -0.1) is 11.3 Å². The number of thiophene rings is 1. The number of methoxy groups -OCH3 is 1. The van der Waals surface area contributed by atoms with Crippen molar-refractivity contribution in [2.24, 2.45) is 0 Å². The van der Waals surface area contributed by atoms with Gasteiger partial charge in [0, 0.05) is 43.7 Å². The Hall–Kier alpha value is -2.96. The lowest BCUT2D eigenvalue weighted by atomic mass is 10.1. The van der Waals surface area contributed by atoms with Gasteiger partial charge in [-0.2, -0.15) is 0 Å². The molecule has 4 aromatic rings. The Balaban J connectivity index is 1.42. The predicted octanol–water partition coefficient (Wildman–Crippen LogP) is 5.00. The van der Waals surface area contributed by atoms with Gasteiger partial charge in [0.05, 0.1) is 12.5 Å². The summed E-state index contributed by atoms with van der Waals surface area (Å²) in [4.78, 5) is 15.6. The van der Waals surface area contributed by atoms with Crippen molar-refractivity contribution < 1.29 is 4.74 Å². The molecule has 1 aliphatic rings. The standard InChI is InChI=1S/C25H26N4OS/c1-18-26-24(29-14-12-28(13-15-29)16-19-6-4-3-5-7-19)23-22(17-31-25(23)27-18)20-8-10-21(30-2)11-9-20/h3-11,17H,12-16H2,1-2H3. The Labute approximate surface area is 186 Å². The molecule has 1 aliphatic heterocycles. The van der Waals surface area contributed by atoms with Crippen LogP contribution in [0.2, 0.25) is 0 Å². The molecule has 31 heavy (non-hydrogen) atoms. The maximum Gasteiger partial charge on any atom is 0.141 e. The lowest BCUT2D eigenvalue weighted by Crippen LogP contribution is -2.46. The number of ether oxygens (including phenoxy) is 1. The van der Waals surface area contributed by atoms with Crippen LogP contribution in [-0.4, -0.2) is 48.2 Å². The minimum Gasteiger partial charge on any atom is -0.497 e. The number of rotatable bonds is 5. The fourth-order valence-corrected chi connectivity index (χ4v) is 5.19. The van der Waals surface area contributed by atoms with Gasteiger partial charge in [-0.05, 0) is 30.2 Å². The molecule has 2 aromatic carbocycles. The Kier molecular flexibility index (Phi) is 5.57. The highest BCUT2D eigenvalue weighted by Gasteiger charge is 2.23. The summed E-state index contributed by atoms with van der Waals surface area (Å²) in [5, 5.41) is 3.37. The summed E-state index contributed by atoms with van der Waals surface area (Å²) in [6, 6.07) is 19.0. The average molecular weight is 431 g/mol. The normalized spacial score (nSPS) is 14.8. The highest BCUT2D eigenvalue weighted by molar-refractivity contribution is 7.17. The van der Waals surface area contributed by atoms with E-state index in [1.54, 1.807) is 18.4 Å². The van der Waals surface area contributed by atoms with E-state index in [1.165, 1.54) is 16.7 Å². The van der Waals surface area contributed by atoms with Crippen LogP contribution in [0, 0.1) is 6.92 Å². The van der Waals surface area contributed by atoms with Crippen LogP contribution in [0.1, 0.15) is 11.4 Å². The quantitative estimate of drug-likeness (QED) is 0.446. The van der Waals surface area contributed by atoms with Crippen LogP contribution in [0.4, 0.5) is 5.82 Å². The highest BCUT2D eigenvalue weighted by Crippen LogP contribution is 2.39. The topological polar surface area (TPSA) is 41.5 Å². The van der Waals surface area contributed by atoms with E-state index < -0.39 is 0 Å². The SMILES string of the molecule is COc1ccc(-c2csc3nc(C)nc(N4CCN(Cc5ccccc5)CC4)c23)cc1. The number of nitrogens with zero attached hydrogens (tertiary/aromatic N) is 4. The third kappa shape index (κ3) is 4.13. The number of aromatic nitrogens is 2. The summed E-state index contributed by atoms with van der Waals surface area (Å²) in [5.41, 5.74) is 3.74. The molecule has 6 heteroatoms. The summed E-state index contributed by atoms with van der Waals surface area (Å²) in [6.45, 7) is 6.99. The summed E-state index contributed by atoms with van der Waals surface area (Å²) in [6.07, 6.45) is 0. The van der Waals surface area contributed by atoms with Crippen molar-refractivity contribution in [2.45, 2.75) is 13.5 Å². The lowest BCUT2D eigenvalue weighted by molar-refractivity contribution is 0.249. The van der Waals surface area contributed by atoms with E-state index in [2.05, 4.69) is 57.6 Å². The van der Waals surface area contributed by atoms with E-state index in [0.29, 0.717) is 0 Å². The Morgan fingerprint density at radius 3 is 2.39 bits per heavy atom. The van der Waals surface area contributed by atoms with Gasteiger partial charge < -0.3 is 9.64 Å². The van der Waals surface area contributed by atoms with Gasteiger partial charge >= 0.3 is 0 Å². The smallest absolute Gasteiger partial charge is 0.141 e. The molecule has 3 heterocycles. The summed E-state index contributed by atoms with van der Waals surface area (Å²) in [7, 11) is 1.70. The molecule has 5 rings (SSSR count). The Morgan fingerprint density at radius 1 is 0.935 bits per heavy atom. The molecular weight excluding hydrogens is 404 g/mol. The second-order valence-electron chi connectivity index (χ2n) is 7.90. The van der Waals surface area contributed by atoms with Gasteiger partial charge in [0.1, 0.15) is 22.2 Å². The maximum atomic E-state index is 5.33. The molecule has 0 radical (unpaired) electrons. The molecule has 1 fully saturated rings. The van der Waals surface area contributed by atoms with E-state index in [-0.39, 0.29) is 0 Å². The number of hydrogen-bond acceptors (Lipinski definition) is 6. The van der Waals surface area contributed by atoms with Crippen molar-refractivity contribution >= 4 is 27.4 Å². The van der Waals surface area contributed by atoms with Gasteiger partial charge in [0.25, 0.3) is 0 Å². The monoisotopic (exact) mass is 430 g/mol. The zero-order valence-corrected chi connectivity index (χ0v) is 18.7. The number of anilines is 1. The van der Waals surface area contributed by atoms with Crippen LogP contribution in [0.5, 0.6) is 5.75 Å². The van der Waals surface area contributed by atoms with Gasteiger partial charge in [-0.1, -0.05) is 42.5 Å². The van der Waals surface area contributed by atoms with Crippen molar-refractivity contribution in [1.29, 1.82) is 0 Å². The molecule has 0 spiro atoms. The third-order valence-electron chi connectivity index (χ3n) is 5.85. The van der Waals surface area contributed by atoms with Gasteiger partial charge in [-0.25, -0.2) is 9.97 Å². The first-order valence-corrected chi connectivity index (χ1v) is 11.5. The fourth-order valence-electron chi connectivity index (χ4n) is 4.20. The van der Waals surface area contributed by atoms with Gasteiger partial charge in [0.15, 0.2) is 0 Å². The maximum absolute atomic E-state index is 5.33. The van der Waals surface area contributed by atoms with Crippen molar-refractivity contribution in [1.82, 2.24) is 14.9 Å². The number of piperazine rings is 1. The zero-order chi connectivity index (χ0) is 21.2. The predicted molar refractivity (Wildman–Crippen MR) is 128 cm³/mol. The van der Waals surface area contributed by atoms with Gasteiger partial charge in [-0.3, -0.25) is 4.90 Å². The molecule has 0 amide bonds. The van der Waals surface area contributed by atoms with Crippen molar-refractivity contribution in [3.63, 3.8) is 0 Å². The zero-order valence-electron chi connectivity index (χ0n) is 17.9. The number of fused-ring (bicyclic) bond motifs is 1. The molecule has 0 aliphatic carbocycles. The lowest BCUT2D eigenvalue weighted by Gasteiger charge is -2.36. The first kappa shape index (κ1) is 20.0. The Bertz CT molecular complexity index is 1170. The molecule has 0 saturated carbocycles. The van der Waals surface area contributed by atoms with Crippen LogP contribution in [-0.2, 0) is 6.54 Å². The largest absolute Gasteiger partial charge is 0.497 e. The second-order valence-corrected chi connectivity index (χ2v) is 8.76. The minimum absolute atomic E-state index is 0.831. The van der Waals surface area contributed by atoms with E-state index in [1.807, 2.05) is 19.1 Å². The highest BCUT2D eigenvalue weighted by atomic mass is 32.1. The first-order chi connectivity index (χ1) is 15.2. The molecule has 0 unspecified atom stereocenters. The molecule has 1 saturated heterocycles. The van der Waals surface area contributed by atoms with Crippen LogP contribution in [0.15, 0.2) is 60.0 Å². The van der Waals surface area contributed by atoms with Gasteiger partial charge in [0.2, 0.25) is 0 Å². The third-order valence-corrected chi connectivity index (χ3v) is 6.72. The summed E-state index contributed by atoms with van der Waals surface area (Å²) < 4.78 is 5.33. The molecule has 158 valence electrons. The van der Waals surface area contributed by atoms with E-state index >= 15 is 0 Å². The number of benzene rings is 2. The first-order valence-electron chi connectivity index (χ1n) is 10.6. The van der Waals surface area contributed by atoms with Crippen LogP contribution >= 0.6 is 11.3 Å². The molecule has 2 aromatic heterocycles. The minimum atomic E-state index is 0.831. The molecule has 5 nitrogen and oxygen atoms in total. The molecular formula is C25H26N4OS. The fraction of sp³-hybridized carbons (Fsp3) is 0.280. The molecule has 0 N–H and O–H groups in total. The van der Waals surface area contributed by atoms with Crippen LogP contribution in [0.3, 0.4) is 0 Å². The molecule has 0 atom stereocenters. The number of hydrogen-bond donors (Lipinski definition) is 0.